The lowest BCUT2D eigenvalue weighted by molar-refractivity contribution is 0.208. The van der Waals surface area contributed by atoms with E-state index in [4.69, 9.17) is 9.15 Å². The van der Waals surface area contributed by atoms with Crippen molar-refractivity contribution >= 4 is 26.8 Å². The van der Waals surface area contributed by atoms with Crippen LogP contribution in [0.15, 0.2) is 82.1 Å². The first-order valence-corrected chi connectivity index (χ1v) is 8.25. The van der Waals surface area contributed by atoms with Crippen molar-refractivity contribution in [3.8, 4) is 5.75 Å². The first-order valence-electron chi connectivity index (χ1n) is 7.46. The molecule has 1 atom stereocenters. The lowest BCUT2D eigenvalue weighted by Crippen LogP contribution is -2.09. The summed E-state index contributed by atoms with van der Waals surface area (Å²) in [5, 5.41) is 1.00. The molecule has 5 heteroatoms. The summed E-state index contributed by atoms with van der Waals surface area (Å²) >= 11 is 3.45. The molecule has 1 unspecified atom stereocenters. The van der Waals surface area contributed by atoms with Crippen molar-refractivity contribution in [2.24, 2.45) is 0 Å². The van der Waals surface area contributed by atoms with Gasteiger partial charge in [-0.2, -0.15) is 0 Å². The average Bonchev–Trinajstić information content (AvgIpc) is 3.14. The zero-order chi connectivity index (χ0) is 16.4. The summed E-state index contributed by atoms with van der Waals surface area (Å²) in [7, 11) is 0. The van der Waals surface area contributed by atoms with Gasteiger partial charge in [-0.25, -0.2) is 4.98 Å². The van der Waals surface area contributed by atoms with Gasteiger partial charge in [0.15, 0.2) is 6.10 Å². The number of halogens is 1. The van der Waals surface area contributed by atoms with E-state index < -0.39 is 6.10 Å². The molecular weight excluding hydrogens is 368 g/mol. The van der Waals surface area contributed by atoms with E-state index in [2.05, 4.69) is 25.9 Å². The van der Waals surface area contributed by atoms with Gasteiger partial charge in [-0.1, -0.05) is 30.3 Å². The molecule has 0 radical (unpaired) electrons. The first-order chi connectivity index (χ1) is 11.8. The fourth-order valence-electron chi connectivity index (χ4n) is 2.55. The molecule has 2 heterocycles. The normalized spacial score (nSPS) is 12.2. The maximum atomic E-state index is 6.19. The topological polar surface area (TPSA) is 48.2 Å². The second-order valence-electron chi connectivity index (χ2n) is 5.29. The number of ether oxygens (including phenoxy) is 1. The average molecular weight is 381 g/mol. The number of rotatable bonds is 4. The van der Waals surface area contributed by atoms with Crippen LogP contribution in [0.25, 0.3) is 10.9 Å². The number of benzene rings is 2. The quantitative estimate of drug-likeness (QED) is 0.490. The zero-order valence-corrected chi connectivity index (χ0v) is 14.2. The van der Waals surface area contributed by atoms with E-state index in [1.165, 1.54) is 0 Å². The van der Waals surface area contributed by atoms with E-state index in [9.17, 15) is 0 Å². The fourth-order valence-corrected chi connectivity index (χ4v) is 2.89. The highest BCUT2D eigenvalue weighted by Crippen LogP contribution is 2.29. The third-order valence-electron chi connectivity index (χ3n) is 3.65. The van der Waals surface area contributed by atoms with Crippen LogP contribution in [-0.4, -0.2) is 9.97 Å². The van der Waals surface area contributed by atoms with Crippen LogP contribution in [-0.2, 0) is 0 Å². The minimum Gasteiger partial charge on any atom is -0.476 e. The molecule has 0 saturated carbocycles. The van der Waals surface area contributed by atoms with E-state index in [1.54, 1.807) is 18.7 Å². The summed E-state index contributed by atoms with van der Waals surface area (Å²) in [6.45, 7) is 0. The van der Waals surface area contributed by atoms with E-state index in [0.29, 0.717) is 5.89 Å². The van der Waals surface area contributed by atoms with Gasteiger partial charge in [0, 0.05) is 21.6 Å². The molecule has 0 aliphatic rings. The molecule has 0 fully saturated rings. The van der Waals surface area contributed by atoms with Crippen molar-refractivity contribution < 1.29 is 9.15 Å². The van der Waals surface area contributed by atoms with Gasteiger partial charge >= 0.3 is 0 Å². The molecule has 0 aliphatic heterocycles. The summed E-state index contributed by atoms with van der Waals surface area (Å²) in [6, 6.07) is 17.7. The minimum absolute atomic E-state index is 0.404. The summed E-state index contributed by atoms with van der Waals surface area (Å²) in [5.41, 5.74) is 1.89. The Kier molecular flexibility index (Phi) is 4.01. The Morgan fingerprint density at radius 2 is 1.88 bits per heavy atom. The number of hydrogen-bond acceptors (Lipinski definition) is 4. The fraction of sp³-hybridized carbons (Fsp3) is 0.0526. The number of pyridine rings is 1. The van der Waals surface area contributed by atoms with Crippen LogP contribution in [0.5, 0.6) is 5.75 Å². The van der Waals surface area contributed by atoms with Crippen LogP contribution in [0.1, 0.15) is 17.6 Å². The Bertz CT molecular complexity index is 956. The SMILES string of the molecule is Brc1cnc2ccc(OC(c3ccccc3)c3ncco3)cc2c1. The molecule has 0 saturated heterocycles. The van der Waals surface area contributed by atoms with Gasteiger partial charge in [-0.05, 0) is 40.2 Å². The number of nitrogens with zero attached hydrogens (tertiary/aromatic N) is 2. The van der Waals surface area contributed by atoms with Crippen LogP contribution in [0.3, 0.4) is 0 Å². The Morgan fingerprint density at radius 1 is 1.00 bits per heavy atom. The number of aromatic nitrogens is 2. The van der Waals surface area contributed by atoms with Crippen LogP contribution in [0, 0.1) is 0 Å². The van der Waals surface area contributed by atoms with Gasteiger partial charge in [0.05, 0.1) is 11.7 Å². The van der Waals surface area contributed by atoms with Crippen molar-refractivity contribution in [3.63, 3.8) is 0 Å². The van der Waals surface area contributed by atoms with Gasteiger partial charge in [-0.15, -0.1) is 0 Å². The highest BCUT2D eigenvalue weighted by Gasteiger charge is 2.20. The first kappa shape index (κ1) is 14.9. The molecule has 0 aliphatic carbocycles. The highest BCUT2D eigenvalue weighted by molar-refractivity contribution is 9.10. The molecule has 0 spiro atoms. The van der Waals surface area contributed by atoms with Crippen molar-refractivity contribution in [1.82, 2.24) is 9.97 Å². The van der Waals surface area contributed by atoms with Crippen LogP contribution < -0.4 is 4.74 Å². The summed E-state index contributed by atoms with van der Waals surface area (Å²) in [6.07, 6.45) is 4.55. The molecule has 24 heavy (non-hydrogen) atoms. The lowest BCUT2D eigenvalue weighted by atomic mass is 10.1. The smallest absolute Gasteiger partial charge is 0.240 e. The second-order valence-corrected chi connectivity index (χ2v) is 6.20. The predicted octanol–water partition coefficient (Wildman–Crippen LogP) is 5.15. The van der Waals surface area contributed by atoms with E-state index in [0.717, 1.165) is 26.7 Å². The molecule has 118 valence electrons. The monoisotopic (exact) mass is 380 g/mol. The molecule has 2 aromatic heterocycles. The Morgan fingerprint density at radius 3 is 2.67 bits per heavy atom. The molecule has 0 N–H and O–H groups in total. The minimum atomic E-state index is -0.404. The van der Waals surface area contributed by atoms with Gasteiger partial charge in [0.25, 0.3) is 0 Å². The zero-order valence-electron chi connectivity index (χ0n) is 12.6. The Labute approximate surface area is 147 Å². The van der Waals surface area contributed by atoms with Crippen LogP contribution in [0.2, 0.25) is 0 Å². The Balaban J connectivity index is 1.72. The Hall–Kier alpha value is -2.66. The van der Waals surface area contributed by atoms with Crippen LogP contribution >= 0.6 is 15.9 Å². The molecule has 0 bridgehead atoms. The van der Waals surface area contributed by atoms with E-state index in [1.807, 2.05) is 54.6 Å². The van der Waals surface area contributed by atoms with E-state index >= 15 is 0 Å². The summed E-state index contributed by atoms with van der Waals surface area (Å²) < 4.78 is 12.6. The van der Waals surface area contributed by atoms with Gasteiger partial charge in [0.2, 0.25) is 5.89 Å². The number of oxazole rings is 1. The highest BCUT2D eigenvalue weighted by atomic mass is 79.9. The molecular formula is C19H13BrN2O2. The predicted molar refractivity (Wildman–Crippen MR) is 94.9 cm³/mol. The number of hydrogen-bond donors (Lipinski definition) is 0. The third kappa shape index (κ3) is 3.03. The number of fused-ring (bicyclic) bond motifs is 1. The maximum Gasteiger partial charge on any atom is 0.240 e. The molecule has 0 amide bonds. The molecule has 4 aromatic rings. The second kappa shape index (κ2) is 6.45. The third-order valence-corrected chi connectivity index (χ3v) is 4.08. The molecule has 4 rings (SSSR count). The lowest BCUT2D eigenvalue weighted by Gasteiger charge is -2.17. The molecule has 4 nitrogen and oxygen atoms in total. The van der Waals surface area contributed by atoms with Crippen molar-refractivity contribution in [2.45, 2.75) is 6.10 Å². The van der Waals surface area contributed by atoms with Gasteiger partial charge in [0.1, 0.15) is 12.0 Å². The summed E-state index contributed by atoms with van der Waals surface area (Å²) in [5.74, 6) is 1.25. The molecule has 2 aromatic carbocycles. The van der Waals surface area contributed by atoms with Crippen molar-refractivity contribution in [3.05, 3.63) is 89.2 Å². The standard InChI is InChI=1S/C19H13BrN2O2/c20-15-10-14-11-16(6-7-17(14)22-12-15)24-18(19-21-8-9-23-19)13-4-2-1-3-5-13/h1-12,18H. The maximum absolute atomic E-state index is 6.19. The summed E-state index contributed by atoms with van der Waals surface area (Å²) in [4.78, 5) is 8.63. The van der Waals surface area contributed by atoms with Gasteiger partial charge in [-0.3, -0.25) is 4.98 Å². The largest absolute Gasteiger partial charge is 0.476 e. The van der Waals surface area contributed by atoms with E-state index in [-0.39, 0.29) is 0 Å². The van der Waals surface area contributed by atoms with Crippen molar-refractivity contribution in [1.29, 1.82) is 0 Å². The van der Waals surface area contributed by atoms with Gasteiger partial charge < -0.3 is 9.15 Å². The van der Waals surface area contributed by atoms with Crippen LogP contribution in [0.4, 0.5) is 0 Å². The van der Waals surface area contributed by atoms with Crippen molar-refractivity contribution in [2.75, 3.05) is 0 Å².